The third-order valence-corrected chi connectivity index (χ3v) is 13.4. The Morgan fingerprint density at radius 3 is 2.05 bits per heavy atom. The van der Waals surface area contributed by atoms with Gasteiger partial charge in [-0.3, -0.25) is 4.99 Å². The van der Waals surface area contributed by atoms with E-state index in [4.69, 9.17) is 14.7 Å². The first-order valence-corrected chi connectivity index (χ1v) is 20.4. The number of hydrogen-bond donors (Lipinski definition) is 0. The number of nitrogens with zero attached hydrogens (tertiary/aromatic N) is 3. The van der Waals surface area contributed by atoms with E-state index in [0.29, 0.717) is 5.90 Å². The summed E-state index contributed by atoms with van der Waals surface area (Å²) in [6.07, 6.45) is 1.93. The fourth-order valence-corrected chi connectivity index (χ4v) is 9.64. The smallest absolute Gasteiger partial charge is 0.508 e. The van der Waals surface area contributed by atoms with Crippen molar-refractivity contribution in [3.63, 3.8) is 0 Å². The summed E-state index contributed by atoms with van der Waals surface area (Å²) >= 11 is 0. The summed E-state index contributed by atoms with van der Waals surface area (Å²) in [5.41, 5.74) is 24.1. The Balaban J connectivity index is 0.00000469. The Morgan fingerprint density at radius 2 is 1.34 bits per heavy atom. The van der Waals surface area contributed by atoms with Crippen LogP contribution in [0.25, 0.3) is 49.9 Å². The number of rotatable bonds is 3. The summed E-state index contributed by atoms with van der Waals surface area (Å²) < 4.78 is 9.64. The van der Waals surface area contributed by atoms with Crippen LogP contribution in [0.2, 0.25) is 0 Å². The van der Waals surface area contributed by atoms with Crippen molar-refractivity contribution >= 4 is 27.7 Å². The topological polar surface area (TPSA) is 39.4 Å². The molecule has 0 saturated heterocycles. The van der Waals surface area contributed by atoms with Gasteiger partial charge in [0.25, 0.3) is 0 Å². The van der Waals surface area contributed by atoms with E-state index in [1.807, 2.05) is 6.20 Å². The van der Waals surface area contributed by atoms with Gasteiger partial charge in [0.05, 0.1) is 0 Å². The second-order valence-electron chi connectivity index (χ2n) is 18.3. The summed E-state index contributed by atoms with van der Waals surface area (Å²) in [7, 11) is 0. The number of ether oxygens (including phenoxy) is 1. The van der Waals surface area contributed by atoms with Gasteiger partial charge in [-0.05, 0) is 151 Å². The molecule has 0 amide bonds. The van der Waals surface area contributed by atoms with Crippen LogP contribution in [0.3, 0.4) is 0 Å². The predicted octanol–water partition coefficient (Wildman–Crippen LogP) is 13.2. The SMILES string of the molecule is Cc1ccc2c(c1)c1cc(C)c(-c3cc(C(C)(C)C)ccn3)[c-]c1n2-c1[c-]c(C2=N[C@@H]3c4cc(C)c(C)c(C)c4-c4c(cc(C)c(C)c4C)[C@]3(C)O2)c(C)cc1C.[Pt+2]. The molecule has 1 aliphatic carbocycles. The molecule has 2 aliphatic rings. The Hall–Kier alpha value is -4.79. The van der Waals surface area contributed by atoms with E-state index in [0.717, 1.165) is 50.2 Å². The van der Waals surface area contributed by atoms with Gasteiger partial charge in [-0.1, -0.05) is 88.4 Å². The number of aryl methyl sites for hydroxylation is 6. The molecule has 4 nitrogen and oxygen atoms in total. The molecular weight excluding hydrogens is 890 g/mol. The number of aromatic nitrogens is 2. The quantitative estimate of drug-likeness (QED) is 0.166. The zero-order valence-corrected chi connectivity index (χ0v) is 38.7. The molecule has 0 radical (unpaired) electrons. The maximum absolute atomic E-state index is 7.29. The van der Waals surface area contributed by atoms with E-state index >= 15 is 0 Å². The van der Waals surface area contributed by atoms with Crippen molar-refractivity contribution in [2.75, 3.05) is 0 Å². The number of pyridine rings is 1. The van der Waals surface area contributed by atoms with Crippen LogP contribution >= 0.6 is 0 Å². The van der Waals surface area contributed by atoms with Crippen molar-refractivity contribution in [3.8, 4) is 28.1 Å². The molecule has 0 N–H and O–H groups in total. The molecule has 7 aromatic rings. The first kappa shape index (κ1) is 40.0. The Labute approximate surface area is 359 Å². The van der Waals surface area contributed by atoms with Gasteiger partial charge in [0, 0.05) is 17.3 Å². The Bertz CT molecular complexity index is 2940. The van der Waals surface area contributed by atoms with E-state index in [1.54, 1.807) is 0 Å². The number of benzene rings is 5. The van der Waals surface area contributed by atoms with Crippen LogP contribution in [0.5, 0.6) is 0 Å². The van der Waals surface area contributed by atoms with E-state index < -0.39 is 5.60 Å². The van der Waals surface area contributed by atoms with Crippen LogP contribution < -0.4 is 0 Å². The molecule has 0 bridgehead atoms. The summed E-state index contributed by atoms with van der Waals surface area (Å²) in [4.78, 5) is 10.4. The minimum absolute atomic E-state index is 0. The van der Waals surface area contributed by atoms with Crippen LogP contribution in [-0.4, -0.2) is 15.4 Å². The first-order valence-electron chi connectivity index (χ1n) is 20.4. The molecule has 0 fully saturated rings. The molecule has 5 aromatic carbocycles. The van der Waals surface area contributed by atoms with E-state index in [-0.39, 0.29) is 32.5 Å². The molecular formula is C53H53N3OPt. The van der Waals surface area contributed by atoms with Crippen LogP contribution in [-0.2, 0) is 36.8 Å². The minimum Gasteiger partial charge on any atom is -0.508 e. The van der Waals surface area contributed by atoms with Gasteiger partial charge >= 0.3 is 21.1 Å². The van der Waals surface area contributed by atoms with Crippen molar-refractivity contribution < 1.29 is 25.8 Å². The second kappa shape index (κ2) is 13.6. The number of hydrogen-bond acceptors (Lipinski definition) is 3. The van der Waals surface area contributed by atoms with Crippen LogP contribution in [0.4, 0.5) is 0 Å². The van der Waals surface area contributed by atoms with E-state index in [2.05, 4.69) is 168 Å². The largest absolute Gasteiger partial charge is 2.00 e. The van der Waals surface area contributed by atoms with E-state index in [1.165, 1.54) is 77.5 Å². The van der Waals surface area contributed by atoms with Gasteiger partial charge < -0.3 is 14.3 Å². The van der Waals surface area contributed by atoms with E-state index in [9.17, 15) is 0 Å². The maximum atomic E-state index is 7.29. The van der Waals surface area contributed by atoms with Gasteiger partial charge in [-0.15, -0.1) is 46.5 Å². The zero-order valence-electron chi connectivity index (χ0n) is 36.4. The molecule has 5 heteroatoms. The summed E-state index contributed by atoms with van der Waals surface area (Å²) in [5, 5.41) is 2.37. The second-order valence-corrected chi connectivity index (χ2v) is 18.3. The van der Waals surface area contributed by atoms with Crippen LogP contribution in [0, 0.1) is 81.4 Å². The molecule has 2 atom stereocenters. The number of fused-ring (bicyclic) bond motifs is 9. The van der Waals surface area contributed by atoms with Gasteiger partial charge in [-0.25, -0.2) is 0 Å². The van der Waals surface area contributed by atoms with Gasteiger partial charge in [0.1, 0.15) is 17.5 Å². The van der Waals surface area contributed by atoms with Crippen LogP contribution in [0.15, 0.2) is 65.8 Å². The van der Waals surface area contributed by atoms with Crippen molar-refractivity contribution in [1.29, 1.82) is 0 Å². The Kier molecular flexibility index (Phi) is 9.40. The monoisotopic (exact) mass is 942 g/mol. The van der Waals surface area contributed by atoms with Crippen LogP contribution in [0.1, 0.15) is 112 Å². The number of aliphatic imine (C=N–C) groups is 1. The molecule has 2 aromatic heterocycles. The maximum Gasteiger partial charge on any atom is 2.00 e. The first-order chi connectivity index (χ1) is 26.9. The summed E-state index contributed by atoms with van der Waals surface area (Å²) in [6.45, 7) is 31.2. The standard InChI is InChI=1S/C53H53N3O.Pt/c1-27-15-16-45-40(19-27)41-22-31(5)38(44-24-37(17-18-54-44)52(11,12)13)25-47(41)56(45)46-26-39(30(4)20-32(46)6)51-55-50-42-21-28(2)33(7)35(9)48(42)49-36(10)34(8)29(3)23-43(49)53(50,14)57-51;/h15-24,50H,1-14H3;/q-2;+2/t50-,53+;/m1./s1. The average molecular weight is 943 g/mol. The fourth-order valence-electron chi connectivity index (χ4n) is 9.64. The van der Waals surface area contributed by atoms with Gasteiger partial charge in [0.2, 0.25) is 0 Å². The molecule has 9 rings (SSSR count). The van der Waals surface area contributed by atoms with Gasteiger partial charge in [-0.2, -0.15) is 0 Å². The molecule has 3 heterocycles. The van der Waals surface area contributed by atoms with Crippen molar-refractivity contribution in [2.24, 2.45) is 4.99 Å². The zero-order chi connectivity index (χ0) is 40.6. The minimum atomic E-state index is -0.681. The molecule has 296 valence electrons. The third kappa shape index (κ3) is 5.80. The summed E-state index contributed by atoms with van der Waals surface area (Å²) in [6, 6.07) is 28.1. The average Bonchev–Trinajstić information content (AvgIpc) is 3.67. The molecule has 0 spiro atoms. The fraction of sp³-hybridized carbons (Fsp3) is 0.321. The third-order valence-electron chi connectivity index (χ3n) is 13.4. The van der Waals surface area contributed by atoms with Gasteiger partial charge in [0.15, 0.2) is 0 Å². The van der Waals surface area contributed by atoms with Crippen molar-refractivity contribution in [2.45, 2.75) is 114 Å². The van der Waals surface area contributed by atoms with Crippen molar-refractivity contribution in [1.82, 2.24) is 9.55 Å². The normalized spacial score (nSPS) is 17.1. The molecule has 0 unspecified atom stereocenters. The van der Waals surface area contributed by atoms with Crippen molar-refractivity contribution in [3.05, 3.63) is 151 Å². The molecule has 1 aliphatic heterocycles. The Morgan fingerprint density at radius 1 is 0.672 bits per heavy atom. The molecule has 58 heavy (non-hydrogen) atoms. The predicted molar refractivity (Wildman–Crippen MR) is 237 cm³/mol. The molecule has 0 saturated carbocycles. The summed E-state index contributed by atoms with van der Waals surface area (Å²) in [5.74, 6) is 0.645.